The van der Waals surface area contributed by atoms with E-state index in [9.17, 15) is 0 Å². The van der Waals surface area contributed by atoms with Gasteiger partial charge in [-0.15, -0.1) is 0 Å². The molecule has 47 heavy (non-hydrogen) atoms. The van der Waals surface area contributed by atoms with Crippen LogP contribution in [0.15, 0.2) is 181 Å². The molecule has 0 bridgehead atoms. The first kappa shape index (κ1) is 27.3. The number of benzene rings is 7. The number of fused-ring (bicyclic) bond motifs is 7. The molecule has 0 radical (unpaired) electrons. The molecular formula is C45H32N2. The third-order valence-electron chi connectivity index (χ3n) is 9.75. The molecule has 1 aliphatic rings. The molecule has 2 nitrogen and oxygen atoms in total. The number of nitrogens with zero attached hydrogens (tertiary/aromatic N) is 2. The zero-order chi connectivity index (χ0) is 31.2. The number of aromatic nitrogens is 1. The summed E-state index contributed by atoms with van der Waals surface area (Å²) in [4.78, 5) is 4.74. The van der Waals surface area contributed by atoms with E-state index < -0.39 is 5.41 Å². The highest BCUT2D eigenvalue weighted by Crippen LogP contribution is 2.58. The molecule has 0 fully saturated rings. The van der Waals surface area contributed by atoms with Crippen LogP contribution >= 0.6 is 0 Å². The van der Waals surface area contributed by atoms with Crippen LogP contribution < -0.4 is 0 Å². The van der Waals surface area contributed by atoms with Crippen molar-refractivity contribution < 1.29 is 0 Å². The van der Waals surface area contributed by atoms with Crippen LogP contribution in [0.25, 0.3) is 38.6 Å². The molecule has 2 heteroatoms. The SMILES string of the molecule is C(/Cc1cccc(C2(c3ccccc3)c3ccccc3-c3c2ccc2c4ccccc4n(-c4ccccc4)c32)c1)=N\c1ccccc1. The van der Waals surface area contributed by atoms with Gasteiger partial charge >= 0.3 is 0 Å². The van der Waals surface area contributed by atoms with E-state index in [-0.39, 0.29) is 0 Å². The maximum atomic E-state index is 4.74. The second-order valence-electron chi connectivity index (χ2n) is 12.3. The Labute approximate surface area is 274 Å². The van der Waals surface area contributed by atoms with Crippen molar-refractivity contribution in [1.29, 1.82) is 0 Å². The van der Waals surface area contributed by atoms with E-state index in [1.165, 1.54) is 66.4 Å². The Morgan fingerprint density at radius 1 is 0.532 bits per heavy atom. The molecule has 1 aromatic heterocycles. The molecule has 1 atom stereocenters. The minimum atomic E-state index is -0.494. The van der Waals surface area contributed by atoms with Crippen molar-refractivity contribution >= 4 is 33.7 Å². The summed E-state index contributed by atoms with van der Waals surface area (Å²) < 4.78 is 2.47. The van der Waals surface area contributed by atoms with E-state index in [0.717, 1.165) is 12.1 Å². The zero-order valence-corrected chi connectivity index (χ0v) is 25.9. The van der Waals surface area contributed by atoms with Crippen LogP contribution in [0.1, 0.15) is 27.8 Å². The smallest absolute Gasteiger partial charge is 0.0714 e. The fourth-order valence-electron chi connectivity index (χ4n) is 7.84. The average Bonchev–Trinajstić information content (AvgIpc) is 3.64. The van der Waals surface area contributed by atoms with Crippen LogP contribution in [0.3, 0.4) is 0 Å². The Kier molecular flexibility index (Phi) is 6.46. The number of hydrogen-bond acceptors (Lipinski definition) is 1. The minimum Gasteiger partial charge on any atom is -0.309 e. The van der Waals surface area contributed by atoms with Crippen LogP contribution in [0.5, 0.6) is 0 Å². The van der Waals surface area contributed by atoms with Gasteiger partial charge in [-0.25, -0.2) is 0 Å². The van der Waals surface area contributed by atoms with Crippen LogP contribution in [-0.4, -0.2) is 10.8 Å². The molecule has 1 aliphatic carbocycles. The molecule has 0 saturated carbocycles. The third kappa shape index (κ3) is 4.22. The van der Waals surface area contributed by atoms with Crippen molar-refractivity contribution in [2.45, 2.75) is 11.8 Å². The van der Waals surface area contributed by atoms with Gasteiger partial charge in [0, 0.05) is 34.7 Å². The summed E-state index contributed by atoms with van der Waals surface area (Å²) in [7, 11) is 0. The first-order chi connectivity index (χ1) is 23.3. The van der Waals surface area contributed by atoms with E-state index in [1.54, 1.807) is 0 Å². The van der Waals surface area contributed by atoms with E-state index in [2.05, 4.69) is 150 Å². The van der Waals surface area contributed by atoms with Crippen molar-refractivity contribution in [2.24, 2.45) is 4.99 Å². The zero-order valence-electron chi connectivity index (χ0n) is 25.9. The molecule has 0 saturated heterocycles. The predicted octanol–water partition coefficient (Wildman–Crippen LogP) is 11.1. The maximum absolute atomic E-state index is 4.74. The number of para-hydroxylation sites is 3. The van der Waals surface area contributed by atoms with Gasteiger partial charge in [-0.3, -0.25) is 4.99 Å². The van der Waals surface area contributed by atoms with Crippen molar-refractivity contribution in [2.75, 3.05) is 0 Å². The first-order valence-electron chi connectivity index (χ1n) is 16.3. The highest BCUT2D eigenvalue weighted by molar-refractivity contribution is 6.16. The summed E-state index contributed by atoms with van der Waals surface area (Å²) >= 11 is 0. The number of hydrogen-bond donors (Lipinski definition) is 0. The summed E-state index contributed by atoms with van der Waals surface area (Å²) in [5, 5.41) is 2.54. The number of aliphatic imine (C=N–C) groups is 1. The molecule has 0 N–H and O–H groups in total. The molecule has 0 spiro atoms. The van der Waals surface area contributed by atoms with Gasteiger partial charge in [0.1, 0.15) is 0 Å². The average molecular weight is 601 g/mol. The van der Waals surface area contributed by atoms with E-state index in [0.29, 0.717) is 0 Å². The van der Waals surface area contributed by atoms with Crippen molar-refractivity contribution in [3.63, 3.8) is 0 Å². The Hall–Kier alpha value is -5.99. The second kappa shape index (κ2) is 11.1. The van der Waals surface area contributed by atoms with Gasteiger partial charge in [-0.1, -0.05) is 146 Å². The molecule has 0 aliphatic heterocycles. The van der Waals surface area contributed by atoms with Gasteiger partial charge in [0.15, 0.2) is 0 Å². The Morgan fingerprint density at radius 2 is 1.21 bits per heavy atom. The Morgan fingerprint density at radius 3 is 2.04 bits per heavy atom. The van der Waals surface area contributed by atoms with E-state index >= 15 is 0 Å². The van der Waals surface area contributed by atoms with Crippen molar-refractivity contribution in [3.8, 4) is 16.8 Å². The lowest BCUT2D eigenvalue weighted by Crippen LogP contribution is -2.28. The molecule has 0 amide bonds. The van der Waals surface area contributed by atoms with Crippen molar-refractivity contribution in [1.82, 2.24) is 4.57 Å². The molecule has 222 valence electrons. The second-order valence-corrected chi connectivity index (χ2v) is 12.3. The molecule has 1 unspecified atom stereocenters. The Balaban J connectivity index is 1.35. The summed E-state index contributed by atoms with van der Waals surface area (Å²) in [5.74, 6) is 0. The summed E-state index contributed by atoms with van der Waals surface area (Å²) in [6.45, 7) is 0. The molecule has 7 aromatic carbocycles. The quantitative estimate of drug-likeness (QED) is 0.169. The van der Waals surface area contributed by atoms with Gasteiger partial charge in [-0.05, 0) is 63.7 Å². The lowest BCUT2D eigenvalue weighted by molar-refractivity contribution is 0.767. The lowest BCUT2D eigenvalue weighted by atomic mass is 9.67. The van der Waals surface area contributed by atoms with Crippen LogP contribution in [-0.2, 0) is 11.8 Å². The number of rotatable bonds is 6. The largest absolute Gasteiger partial charge is 0.309 e. The monoisotopic (exact) mass is 600 g/mol. The normalized spacial score (nSPS) is 15.3. The van der Waals surface area contributed by atoms with Gasteiger partial charge in [0.05, 0.1) is 22.1 Å². The summed E-state index contributed by atoms with van der Waals surface area (Å²) in [5.41, 5.74) is 13.1. The summed E-state index contributed by atoms with van der Waals surface area (Å²) in [6, 6.07) is 63.8. The van der Waals surface area contributed by atoms with Crippen LogP contribution in [0.2, 0.25) is 0 Å². The van der Waals surface area contributed by atoms with Gasteiger partial charge in [0.25, 0.3) is 0 Å². The highest BCUT2D eigenvalue weighted by Gasteiger charge is 2.47. The van der Waals surface area contributed by atoms with E-state index in [4.69, 9.17) is 4.99 Å². The van der Waals surface area contributed by atoms with Crippen LogP contribution in [0, 0.1) is 0 Å². The van der Waals surface area contributed by atoms with Crippen LogP contribution in [0.4, 0.5) is 5.69 Å². The maximum Gasteiger partial charge on any atom is 0.0714 e. The van der Waals surface area contributed by atoms with Crippen molar-refractivity contribution in [3.05, 3.63) is 204 Å². The minimum absolute atomic E-state index is 0.494. The Bertz CT molecular complexity index is 2420. The van der Waals surface area contributed by atoms with Gasteiger partial charge in [0.2, 0.25) is 0 Å². The first-order valence-corrected chi connectivity index (χ1v) is 16.3. The molecule has 9 rings (SSSR count). The summed E-state index contributed by atoms with van der Waals surface area (Å²) in [6.07, 6.45) is 2.78. The fourth-order valence-corrected chi connectivity index (χ4v) is 7.84. The molecule has 1 heterocycles. The standard InChI is InChI=1S/C45H32N2/c1-4-16-33(17-5-1)45(34-18-14-15-32(31-34)29-30-46-35-19-6-2-7-20-35)40-25-12-10-24-39(40)43-41(45)28-27-38-37-23-11-13-26-42(37)47(44(38)43)36-21-8-3-9-22-36/h1-28,30-31H,29H2/b46-30+. The highest BCUT2D eigenvalue weighted by atomic mass is 15.0. The van der Waals surface area contributed by atoms with Gasteiger partial charge < -0.3 is 4.57 Å². The van der Waals surface area contributed by atoms with Gasteiger partial charge in [-0.2, -0.15) is 0 Å². The lowest BCUT2D eigenvalue weighted by Gasteiger charge is -2.34. The molecular weight excluding hydrogens is 569 g/mol. The van der Waals surface area contributed by atoms with E-state index in [1.807, 2.05) is 36.5 Å². The molecule has 8 aromatic rings. The fraction of sp³-hybridized carbons (Fsp3) is 0.0444. The topological polar surface area (TPSA) is 17.3 Å². The third-order valence-corrected chi connectivity index (χ3v) is 9.75. The predicted molar refractivity (Wildman–Crippen MR) is 196 cm³/mol.